The number of H-pyrrole nitrogens is 1. The highest BCUT2D eigenvalue weighted by Crippen LogP contribution is 2.46. The van der Waals surface area contributed by atoms with Crippen molar-refractivity contribution in [2.75, 3.05) is 12.4 Å². The summed E-state index contributed by atoms with van der Waals surface area (Å²) in [5, 5.41) is 13.5. The quantitative estimate of drug-likeness (QED) is 0.507. The number of rotatable bonds is 6. The molecular formula is C24H25F2N5O2. The Hall–Kier alpha value is -3.54. The Kier molecular flexibility index (Phi) is 5.78. The molecule has 3 aromatic rings. The summed E-state index contributed by atoms with van der Waals surface area (Å²) in [7, 11) is 1.30. The summed E-state index contributed by atoms with van der Waals surface area (Å²) in [4.78, 5) is 23.5. The van der Waals surface area contributed by atoms with Gasteiger partial charge in [-0.3, -0.25) is 4.79 Å². The molecule has 1 atom stereocenters. The van der Waals surface area contributed by atoms with Crippen molar-refractivity contribution in [3.05, 3.63) is 41.2 Å². The summed E-state index contributed by atoms with van der Waals surface area (Å²) in [6.45, 7) is 5.77. The van der Waals surface area contributed by atoms with Gasteiger partial charge in [0.2, 0.25) is 0 Å². The van der Waals surface area contributed by atoms with E-state index < -0.39 is 29.1 Å². The Morgan fingerprint density at radius 2 is 2.12 bits per heavy atom. The van der Waals surface area contributed by atoms with E-state index in [1.165, 1.54) is 13.2 Å². The van der Waals surface area contributed by atoms with Gasteiger partial charge in [-0.25, -0.2) is 18.7 Å². The number of esters is 1. The summed E-state index contributed by atoms with van der Waals surface area (Å²) in [5.41, 5.74) is 1.14. The number of pyridine rings is 2. The van der Waals surface area contributed by atoms with Crippen LogP contribution in [0.5, 0.6) is 0 Å². The molecule has 3 heterocycles. The average molecular weight is 453 g/mol. The Labute approximate surface area is 190 Å². The van der Waals surface area contributed by atoms with E-state index in [2.05, 4.69) is 26.3 Å². The fourth-order valence-corrected chi connectivity index (χ4v) is 3.90. The van der Waals surface area contributed by atoms with Gasteiger partial charge in [-0.2, -0.15) is 5.26 Å². The topological polar surface area (TPSA) is 104 Å². The van der Waals surface area contributed by atoms with Crippen LogP contribution >= 0.6 is 0 Å². The number of hydrogen-bond donors (Lipinski definition) is 2. The third-order valence-electron chi connectivity index (χ3n) is 5.98. The number of methoxy groups -OCH3 is 1. The molecule has 1 unspecified atom stereocenters. The van der Waals surface area contributed by atoms with Crippen molar-refractivity contribution < 1.29 is 18.3 Å². The van der Waals surface area contributed by atoms with Crippen LogP contribution in [-0.4, -0.2) is 34.1 Å². The predicted octanol–water partition coefficient (Wildman–Crippen LogP) is 5.04. The van der Waals surface area contributed by atoms with Crippen LogP contribution in [0.4, 0.5) is 14.6 Å². The van der Waals surface area contributed by atoms with Gasteiger partial charge in [0.1, 0.15) is 17.5 Å². The molecule has 3 aromatic heterocycles. The minimum absolute atomic E-state index is 0.0113. The number of nitrogens with zero attached hydrogens (tertiary/aromatic N) is 3. The van der Waals surface area contributed by atoms with Crippen LogP contribution in [0.25, 0.3) is 22.3 Å². The first-order chi connectivity index (χ1) is 15.6. The van der Waals surface area contributed by atoms with Crippen LogP contribution in [0.15, 0.2) is 18.5 Å². The number of halogens is 2. The molecule has 172 valence electrons. The van der Waals surface area contributed by atoms with E-state index in [-0.39, 0.29) is 29.4 Å². The van der Waals surface area contributed by atoms with Gasteiger partial charge in [0.15, 0.2) is 11.6 Å². The first-order valence-electron chi connectivity index (χ1n) is 10.7. The third kappa shape index (κ3) is 4.38. The molecule has 33 heavy (non-hydrogen) atoms. The highest BCUT2D eigenvalue weighted by Gasteiger charge is 2.35. The lowest BCUT2D eigenvalue weighted by molar-refractivity contribution is -0.141. The van der Waals surface area contributed by atoms with Crippen molar-refractivity contribution in [3.63, 3.8) is 0 Å². The zero-order chi connectivity index (χ0) is 23.9. The van der Waals surface area contributed by atoms with Gasteiger partial charge in [-0.05, 0) is 30.2 Å². The van der Waals surface area contributed by atoms with E-state index in [1.807, 2.05) is 20.8 Å². The number of carbonyl (C=O) groups is 1. The fourth-order valence-electron chi connectivity index (χ4n) is 3.90. The van der Waals surface area contributed by atoms with Crippen molar-refractivity contribution >= 4 is 22.8 Å². The molecule has 1 saturated carbocycles. The number of nitrogens with one attached hydrogen (secondary N) is 2. The summed E-state index contributed by atoms with van der Waals surface area (Å²) in [6, 6.07) is 2.93. The Morgan fingerprint density at radius 1 is 1.39 bits per heavy atom. The van der Waals surface area contributed by atoms with Gasteiger partial charge in [0, 0.05) is 28.8 Å². The molecule has 1 aliphatic rings. The first-order valence-corrected chi connectivity index (χ1v) is 10.7. The fraction of sp³-hybridized carbons (Fsp3) is 0.417. The second kappa shape index (κ2) is 8.43. The number of aromatic amines is 1. The Balaban J connectivity index is 1.90. The summed E-state index contributed by atoms with van der Waals surface area (Å²) in [6.07, 6.45) is 4.23. The lowest BCUT2D eigenvalue weighted by atomic mass is 9.84. The van der Waals surface area contributed by atoms with E-state index in [1.54, 1.807) is 6.20 Å². The largest absolute Gasteiger partial charge is 0.469 e. The number of ether oxygens (including phenoxy) is 1. The van der Waals surface area contributed by atoms with Gasteiger partial charge < -0.3 is 15.0 Å². The van der Waals surface area contributed by atoms with Crippen molar-refractivity contribution in [3.8, 4) is 17.3 Å². The van der Waals surface area contributed by atoms with Gasteiger partial charge in [0.05, 0.1) is 31.0 Å². The van der Waals surface area contributed by atoms with Gasteiger partial charge >= 0.3 is 5.97 Å². The molecule has 1 aliphatic carbocycles. The van der Waals surface area contributed by atoms with Gasteiger partial charge in [-0.15, -0.1) is 0 Å². The smallest absolute Gasteiger partial charge is 0.307 e. The molecule has 1 fully saturated rings. The highest BCUT2D eigenvalue weighted by molar-refractivity contribution is 5.94. The van der Waals surface area contributed by atoms with Crippen LogP contribution in [0.1, 0.15) is 57.1 Å². The van der Waals surface area contributed by atoms with Crippen molar-refractivity contribution in [1.82, 2.24) is 15.0 Å². The summed E-state index contributed by atoms with van der Waals surface area (Å²) < 4.78 is 34.5. The van der Waals surface area contributed by atoms with Crippen LogP contribution in [0, 0.1) is 28.4 Å². The molecule has 7 nitrogen and oxygen atoms in total. The molecule has 0 aromatic carbocycles. The predicted molar refractivity (Wildman–Crippen MR) is 119 cm³/mol. The lowest BCUT2D eigenvalue weighted by Gasteiger charge is -2.31. The summed E-state index contributed by atoms with van der Waals surface area (Å²) in [5.74, 6) is -1.70. The van der Waals surface area contributed by atoms with Crippen molar-refractivity contribution in [2.45, 2.75) is 52.0 Å². The van der Waals surface area contributed by atoms with Crippen LogP contribution in [0.3, 0.4) is 0 Å². The maximum atomic E-state index is 15.7. The van der Waals surface area contributed by atoms with Crippen molar-refractivity contribution in [2.24, 2.45) is 5.41 Å². The molecule has 0 aliphatic heterocycles. The molecule has 9 heteroatoms. The molecule has 4 rings (SSSR count). The molecule has 0 radical (unpaired) electrons. The van der Waals surface area contributed by atoms with Crippen LogP contribution in [0.2, 0.25) is 0 Å². The number of anilines is 1. The monoisotopic (exact) mass is 453 g/mol. The molecule has 0 amide bonds. The van der Waals surface area contributed by atoms with E-state index in [0.717, 1.165) is 19.0 Å². The van der Waals surface area contributed by atoms with Gasteiger partial charge in [0.25, 0.3) is 0 Å². The Morgan fingerprint density at radius 3 is 2.73 bits per heavy atom. The standard InChI is InChI=1S/C24H25F2N5O2/c1-24(2,3)17(8-18(32)33-4)30-23-20(26)19(12-5-6-12)15(9-27)21(31-23)16-11-29-22-14(16)7-13(25)10-28-22/h7,10-12,17H,5-6,8H2,1-4H3,(H,28,29)(H,30,31). The highest BCUT2D eigenvalue weighted by atomic mass is 19.1. The Bertz CT molecular complexity index is 1270. The van der Waals surface area contributed by atoms with Crippen molar-refractivity contribution in [1.29, 1.82) is 5.26 Å². The normalized spacial score (nSPS) is 14.7. The van der Waals surface area contributed by atoms with E-state index in [4.69, 9.17) is 4.74 Å². The van der Waals surface area contributed by atoms with Gasteiger partial charge in [-0.1, -0.05) is 20.8 Å². The third-order valence-corrected chi connectivity index (χ3v) is 5.98. The number of hydrogen-bond acceptors (Lipinski definition) is 6. The second-order valence-corrected chi connectivity index (χ2v) is 9.39. The number of carbonyl (C=O) groups excluding carboxylic acids is 1. The SMILES string of the molecule is COC(=O)CC(Nc1nc(-c2c[nH]c3ncc(F)cc23)c(C#N)c(C2CC2)c1F)C(C)(C)C. The zero-order valence-electron chi connectivity index (χ0n) is 18.9. The van der Waals surface area contributed by atoms with E-state index in [9.17, 15) is 14.4 Å². The number of aromatic nitrogens is 3. The second-order valence-electron chi connectivity index (χ2n) is 9.39. The molecule has 2 N–H and O–H groups in total. The van der Waals surface area contributed by atoms with E-state index in [0.29, 0.717) is 22.2 Å². The maximum Gasteiger partial charge on any atom is 0.307 e. The minimum atomic E-state index is -0.596. The maximum absolute atomic E-state index is 15.7. The van der Waals surface area contributed by atoms with Crippen LogP contribution < -0.4 is 5.32 Å². The average Bonchev–Trinajstić information content (AvgIpc) is 3.52. The molecule has 0 bridgehead atoms. The molecular weight excluding hydrogens is 428 g/mol. The summed E-state index contributed by atoms with van der Waals surface area (Å²) >= 11 is 0. The minimum Gasteiger partial charge on any atom is -0.469 e. The first kappa shape index (κ1) is 22.6. The van der Waals surface area contributed by atoms with E-state index >= 15 is 4.39 Å². The van der Waals surface area contributed by atoms with Crippen LogP contribution in [-0.2, 0) is 9.53 Å². The molecule has 0 saturated heterocycles. The lowest BCUT2D eigenvalue weighted by Crippen LogP contribution is -2.37. The number of nitriles is 1. The molecule has 0 spiro atoms. The number of fused-ring (bicyclic) bond motifs is 1. The zero-order valence-corrected chi connectivity index (χ0v) is 18.9.